The number of amides is 2. The van der Waals surface area contributed by atoms with Crippen molar-refractivity contribution in [3.05, 3.63) is 23.8 Å². The van der Waals surface area contributed by atoms with Gasteiger partial charge >= 0.3 is 6.03 Å². The standard InChI is InChI=1S/C18H26N4O/c23-17(22-15-10-18(15)7-2-1-3-8-18)19-9-6-13-11-20-16(21-12-13)14-4-5-14/h11-12,14-15H,1-10H2,(H2,19,22,23). The highest BCUT2D eigenvalue weighted by molar-refractivity contribution is 5.74. The maximum atomic E-state index is 12.0. The number of carbonyl (C=O) groups is 1. The minimum atomic E-state index is -0.0204. The molecule has 4 rings (SSSR count). The topological polar surface area (TPSA) is 66.9 Å². The molecule has 3 aliphatic rings. The van der Waals surface area contributed by atoms with E-state index in [9.17, 15) is 4.79 Å². The normalized spacial score (nSPS) is 25.1. The Morgan fingerprint density at radius 3 is 2.61 bits per heavy atom. The average Bonchev–Trinajstić information content (AvgIpc) is 3.48. The molecule has 2 amide bonds. The van der Waals surface area contributed by atoms with E-state index in [4.69, 9.17) is 0 Å². The summed E-state index contributed by atoms with van der Waals surface area (Å²) in [6.45, 7) is 0.637. The van der Waals surface area contributed by atoms with E-state index in [2.05, 4.69) is 20.6 Å². The molecule has 1 unspecified atom stereocenters. The highest BCUT2D eigenvalue weighted by Crippen LogP contribution is 2.56. The molecule has 2 N–H and O–H groups in total. The molecule has 5 heteroatoms. The minimum Gasteiger partial charge on any atom is -0.338 e. The Morgan fingerprint density at radius 2 is 1.91 bits per heavy atom. The van der Waals surface area contributed by atoms with Crippen LogP contribution in [0.5, 0.6) is 0 Å². The first-order valence-electron chi connectivity index (χ1n) is 9.10. The lowest BCUT2D eigenvalue weighted by molar-refractivity contribution is 0.236. The summed E-state index contributed by atoms with van der Waals surface area (Å²) in [6.07, 6.45) is 14.8. The van der Waals surface area contributed by atoms with Crippen LogP contribution >= 0.6 is 0 Å². The van der Waals surface area contributed by atoms with Crippen LogP contribution < -0.4 is 10.6 Å². The predicted octanol–water partition coefficient (Wildman–Crippen LogP) is 2.92. The molecule has 124 valence electrons. The van der Waals surface area contributed by atoms with Gasteiger partial charge in [0.25, 0.3) is 0 Å². The summed E-state index contributed by atoms with van der Waals surface area (Å²) < 4.78 is 0. The van der Waals surface area contributed by atoms with Gasteiger partial charge in [-0.3, -0.25) is 0 Å². The molecule has 3 fully saturated rings. The summed E-state index contributed by atoms with van der Waals surface area (Å²) >= 11 is 0. The minimum absolute atomic E-state index is 0.0204. The fourth-order valence-electron chi connectivity index (χ4n) is 3.94. The Morgan fingerprint density at radius 1 is 1.17 bits per heavy atom. The van der Waals surface area contributed by atoms with E-state index in [0.29, 0.717) is 23.9 Å². The summed E-state index contributed by atoms with van der Waals surface area (Å²) in [5.41, 5.74) is 1.53. The maximum Gasteiger partial charge on any atom is 0.315 e. The van der Waals surface area contributed by atoms with Crippen LogP contribution in [0.1, 0.15) is 68.7 Å². The molecule has 0 saturated heterocycles. The van der Waals surface area contributed by atoms with E-state index in [-0.39, 0.29) is 6.03 Å². The van der Waals surface area contributed by atoms with Crippen LogP contribution in [0.25, 0.3) is 0 Å². The van der Waals surface area contributed by atoms with Crippen molar-refractivity contribution in [3.63, 3.8) is 0 Å². The fraction of sp³-hybridized carbons (Fsp3) is 0.722. The summed E-state index contributed by atoms with van der Waals surface area (Å²) in [5, 5.41) is 6.12. The number of nitrogens with zero attached hydrogens (tertiary/aromatic N) is 2. The van der Waals surface area contributed by atoms with Crippen molar-refractivity contribution in [1.82, 2.24) is 20.6 Å². The second kappa shape index (κ2) is 6.10. The van der Waals surface area contributed by atoms with Crippen molar-refractivity contribution >= 4 is 6.03 Å². The summed E-state index contributed by atoms with van der Waals surface area (Å²) in [5.74, 6) is 1.57. The van der Waals surface area contributed by atoms with Crippen molar-refractivity contribution < 1.29 is 4.79 Å². The Balaban J connectivity index is 1.17. The number of rotatable bonds is 5. The van der Waals surface area contributed by atoms with Gasteiger partial charge in [0.15, 0.2) is 0 Å². The van der Waals surface area contributed by atoms with Gasteiger partial charge in [0.2, 0.25) is 0 Å². The smallest absolute Gasteiger partial charge is 0.315 e. The van der Waals surface area contributed by atoms with Crippen LogP contribution in [0.4, 0.5) is 4.79 Å². The molecule has 0 radical (unpaired) electrons. The van der Waals surface area contributed by atoms with Gasteiger partial charge in [0, 0.05) is 30.9 Å². The van der Waals surface area contributed by atoms with Gasteiger partial charge < -0.3 is 10.6 Å². The van der Waals surface area contributed by atoms with Crippen LogP contribution in [-0.2, 0) is 6.42 Å². The quantitative estimate of drug-likeness (QED) is 0.878. The predicted molar refractivity (Wildman–Crippen MR) is 88.2 cm³/mol. The number of carbonyl (C=O) groups excluding carboxylic acids is 1. The fourth-order valence-corrected chi connectivity index (χ4v) is 3.94. The van der Waals surface area contributed by atoms with Crippen LogP contribution in [-0.4, -0.2) is 28.6 Å². The Hall–Kier alpha value is -1.65. The van der Waals surface area contributed by atoms with Gasteiger partial charge in [-0.2, -0.15) is 0 Å². The Bertz CT molecular complexity index is 561. The van der Waals surface area contributed by atoms with Crippen molar-refractivity contribution in [1.29, 1.82) is 0 Å². The zero-order valence-corrected chi connectivity index (χ0v) is 13.7. The van der Waals surface area contributed by atoms with Gasteiger partial charge in [0.1, 0.15) is 5.82 Å². The zero-order chi connectivity index (χ0) is 15.7. The third kappa shape index (κ3) is 3.48. The van der Waals surface area contributed by atoms with E-state index in [1.807, 2.05) is 12.4 Å². The number of nitrogens with one attached hydrogen (secondary N) is 2. The largest absolute Gasteiger partial charge is 0.338 e. The molecule has 1 aromatic rings. The number of hydrogen-bond acceptors (Lipinski definition) is 3. The van der Waals surface area contributed by atoms with Gasteiger partial charge in [0.05, 0.1) is 0 Å². The average molecular weight is 314 g/mol. The third-order valence-electron chi connectivity index (χ3n) is 5.71. The zero-order valence-electron chi connectivity index (χ0n) is 13.7. The van der Waals surface area contributed by atoms with E-state index < -0.39 is 0 Å². The van der Waals surface area contributed by atoms with Crippen molar-refractivity contribution in [3.8, 4) is 0 Å². The Kier molecular flexibility index (Phi) is 3.95. The van der Waals surface area contributed by atoms with E-state index in [1.54, 1.807) is 0 Å². The highest BCUT2D eigenvalue weighted by Gasteiger charge is 2.54. The molecular weight excluding hydrogens is 288 g/mol. The summed E-state index contributed by atoms with van der Waals surface area (Å²) in [7, 11) is 0. The van der Waals surface area contributed by atoms with Crippen molar-refractivity contribution in [2.75, 3.05) is 6.54 Å². The van der Waals surface area contributed by atoms with Crippen LogP contribution in [0.3, 0.4) is 0 Å². The SMILES string of the molecule is O=C(NCCc1cnc(C2CC2)nc1)NC1CC12CCCCC2. The first-order chi connectivity index (χ1) is 11.3. The first-order valence-corrected chi connectivity index (χ1v) is 9.10. The molecule has 1 atom stereocenters. The first kappa shape index (κ1) is 14.9. The van der Waals surface area contributed by atoms with Crippen LogP contribution in [0, 0.1) is 5.41 Å². The molecule has 3 aliphatic carbocycles. The number of hydrogen-bond donors (Lipinski definition) is 2. The van der Waals surface area contributed by atoms with Gasteiger partial charge in [-0.1, -0.05) is 19.3 Å². The number of urea groups is 1. The van der Waals surface area contributed by atoms with Crippen LogP contribution in [0.15, 0.2) is 12.4 Å². The second-order valence-electron chi connectivity index (χ2n) is 7.55. The van der Waals surface area contributed by atoms with Crippen LogP contribution in [0.2, 0.25) is 0 Å². The van der Waals surface area contributed by atoms with Gasteiger partial charge in [-0.25, -0.2) is 14.8 Å². The number of aromatic nitrogens is 2. The molecule has 1 heterocycles. The van der Waals surface area contributed by atoms with Gasteiger partial charge in [-0.05, 0) is 49.5 Å². The molecule has 3 saturated carbocycles. The molecule has 1 spiro atoms. The molecule has 0 aliphatic heterocycles. The second-order valence-corrected chi connectivity index (χ2v) is 7.55. The molecule has 5 nitrogen and oxygen atoms in total. The van der Waals surface area contributed by atoms with Crippen molar-refractivity contribution in [2.24, 2.45) is 5.41 Å². The monoisotopic (exact) mass is 314 g/mol. The molecule has 1 aromatic heterocycles. The lowest BCUT2D eigenvalue weighted by Crippen LogP contribution is -2.39. The summed E-state index contributed by atoms with van der Waals surface area (Å²) in [6, 6.07) is 0.386. The highest BCUT2D eigenvalue weighted by atomic mass is 16.2. The van der Waals surface area contributed by atoms with E-state index in [1.165, 1.54) is 51.4 Å². The van der Waals surface area contributed by atoms with E-state index in [0.717, 1.165) is 17.8 Å². The lowest BCUT2D eigenvalue weighted by atomic mass is 9.86. The molecule has 0 bridgehead atoms. The molecular formula is C18H26N4O. The Labute approximate surface area is 137 Å². The molecule has 23 heavy (non-hydrogen) atoms. The lowest BCUT2D eigenvalue weighted by Gasteiger charge is -2.22. The molecule has 0 aromatic carbocycles. The third-order valence-corrected chi connectivity index (χ3v) is 5.71. The van der Waals surface area contributed by atoms with Gasteiger partial charge in [-0.15, -0.1) is 0 Å². The summed E-state index contributed by atoms with van der Waals surface area (Å²) in [4.78, 5) is 20.8. The van der Waals surface area contributed by atoms with Crippen molar-refractivity contribution in [2.45, 2.75) is 69.7 Å². The maximum absolute atomic E-state index is 12.0. The van der Waals surface area contributed by atoms with E-state index >= 15 is 0 Å².